The molecule has 140 valence electrons. The van der Waals surface area contributed by atoms with Crippen LogP contribution in [-0.2, 0) is 9.59 Å². The van der Waals surface area contributed by atoms with Gasteiger partial charge < -0.3 is 0 Å². The Hall–Kier alpha value is -2.93. The number of carbonyl (C=O) groups is 2. The van der Waals surface area contributed by atoms with E-state index < -0.39 is 0 Å². The molecule has 0 spiro atoms. The first-order valence-electron chi connectivity index (χ1n) is 8.56. The smallest absolute Gasteiger partial charge is 0.240 e. The maximum atomic E-state index is 11.7. The van der Waals surface area contributed by atoms with Gasteiger partial charge in [-0.15, -0.1) is 0 Å². The van der Waals surface area contributed by atoms with Gasteiger partial charge in [0.05, 0.1) is 12.4 Å². The lowest BCUT2D eigenvalue weighted by Gasteiger charge is -2.01. The SMILES string of the molecule is O=C(CCSCCC(=O)N/N=C/c1ccccc1)N/N=C/c1ccccc1. The van der Waals surface area contributed by atoms with Gasteiger partial charge in [0, 0.05) is 24.3 Å². The standard InChI is InChI=1S/C20H22N4O2S/c25-19(23-21-15-17-7-3-1-4-8-17)11-13-27-14-12-20(26)24-22-16-18-9-5-2-6-10-18/h1-10,15-16H,11-14H2,(H,23,25)(H,24,26)/b21-15+,22-16+. The van der Waals surface area contributed by atoms with Crippen molar-refractivity contribution in [3.8, 4) is 0 Å². The molecule has 27 heavy (non-hydrogen) atoms. The Morgan fingerprint density at radius 2 is 1.15 bits per heavy atom. The predicted octanol–water partition coefficient (Wildman–Crippen LogP) is 2.80. The van der Waals surface area contributed by atoms with Crippen molar-refractivity contribution in [2.45, 2.75) is 12.8 Å². The molecule has 0 heterocycles. The van der Waals surface area contributed by atoms with Crippen LogP contribution >= 0.6 is 11.8 Å². The molecule has 0 radical (unpaired) electrons. The number of hydrogen-bond acceptors (Lipinski definition) is 5. The first kappa shape index (κ1) is 20.4. The number of thioether (sulfide) groups is 1. The Morgan fingerprint density at radius 3 is 1.56 bits per heavy atom. The molecule has 2 aromatic rings. The third kappa shape index (κ3) is 9.37. The molecular formula is C20H22N4O2S. The van der Waals surface area contributed by atoms with Crippen molar-refractivity contribution in [1.29, 1.82) is 0 Å². The Labute approximate surface area is 163 Å². The van der Waals surface area contributed by atoms with Crippen LogP contribution in [0.2, 0.25) is 0 Å². The van der Waals surface area contributed by atoms with Crippen LogP contribution in [0.4, 0.5) is 0 Å². The van der Waals surface area contributed by atoms with Gasteiger partial charge in [0.1, 0.15) is 0 Å². The maximum Gasteiger partial charge on any atom is 0.240 e. The van der Waals surface area contributed by atoms with Crippen molar-refractivity contribution in [3.05, 3.63) is 71.8 Å². The predicted molar refractivity (Wildman–Crippen MR) is 111 cm³/mol. The topological polar surface area (TPSA) is 82.9 Å². The second-order valence-corrected chi connectivity index (χ2v) is 6.74. The number of amides is 2. The molecule has 6 nitrogen and oxygen atoms in total. The van der Waals surface area contributed by atoms with E-state index in [1.807, 2.05) is 60.7 Å². The molecule has 2 amide bonds. The van der Waals surface area contributed by atoms with Crippen LogP contribution < -0.4 is 10.9 Å². The van der Waals surface area contributed by atoms with E-state index in [0.29, 0.717) is 24.3 Å². The minimum Gasteiger partial charge on any atom is -0.273 e. The van der Waals surface area contributed by atoms with Gasteiger partial charge in [-0.3, -0.25) is 9.59 Å². The summed E-state index contributed by atoms with van der Waals surface area (Å²) in [5.41, 5.74) is 6.83. The molecule has 0 fully saturated rings. The first-order valence-corrected chi connectivity index (χ1v) is 9.71. The van der Waals surface area contributed by atoms with Gasteiger partial charge >= 0.3 is 0 Å². The van der Waals surface area contributed by atoms with Crippen molar-refractivity contribution in [2.75, 3.05) is 11.5 Å². The molecule has 0 aliphatic rings. The van der Waals surface area contributed by atoms with Gasteiger partial charge in [-0.05, 0) is 11.1 Å². The molecule has 0 aromatic heterocycles. The van der Waals surface area contributed by atoms with Crippen molar-refractivity contribution < 1.29 is 9.59 Å². The van der Waals surface area contributed by atoms with E-state index in [9.17, 15) is 9.59 Å². The van der Waals surface area contributed by atoms with Crippen molar-refractivity contribution in [2.24, 2.45) is 10.2 Å². The normalized spacial score (nSPS) is 11.0. The van der Waals surface area contributed by atoms with Crippen LogP contribution in [0.15, 0.2) is 70.9 Å². The molecule has 0 atom stereocenters. The van der Waals surface area contributed by atoms with E-state index in [2.05, 4.69) is 21.1 Å². The van der Waals surface area contributed by atoms with Crippen molar-refractivity contribution in [1.82, 2.24) is 10.9 Å². The summed E-state index contributed by atoms with van der Waals surface area (Å²) in [6.45, 7) is 0. The largest absolute Gasteiger partial charge is 0.273 e. The number of nitrogens with zero attached hydrogens (tertiary/aromatic N) is 2. The molecular weight excluding hydrogens is 360 g/mol. The van der Waals surface area contributed by atoms with Gasteiger partial charge in [-0.25, -0.2) is 10.9 Å². The zero-order chi connectivity index (χ0) is 19.2. The Morgan fingerprint density at radius 1 is 0.741 bits per heavy atom. The van der Waals surface area contributed by atoms with Gasteiger partial charge in [0.25, 0.3) is 0 Å². The van der Waals surface area contributed by atoms with Crippen LogP contribution in [0.1, 0.15) is 24.0 Å². The molecule has 0 saturated heterocycles. The lowest BCUT2D eigenvalue weighted by atomic mass is 10.2. The highest BCUT2D eigenvalue weighted by Crippen LogP contribution is 2.04. The van der Waals surface area contributed by atoms with E-state index in [0.717, 1.165) is 11.1 Å². The average Bonchev–Trinajstić information content (AvgIpc) is 2.69. The highest BCUT2D eigenvalue weighted by atomic mass is 32.2. The maximum absolute atomic E-state index is 11.7. The summed E-state index contributed by atoms with van der Waals surface area (Å²) in [5, 5.41) is 7.83. The molecule has 2 N–H and O–H groups in total. The quantitative estimate of drug-likeness (QED) is 0.377. The van der Waals surface area contributed by atoms with Crippen LogP contribution in [0.5, 0.6) is 0 Å². The summed E-state index contributed by atoms with van der Waals surface area (Å²) in [7, 11) is 0. The van der Waals surface area contributed by atoms with Gasteiger partial charge in [-0.2, -0.15) is 22.0 Å². The Balaban J connectivity index is 1.51. The number of hydrazone groups is 2. The van der Waals surface area contributed by atoms with Gasteiger partial charge in [0.15, 0.2) is 0 Å². The third-order valence-electron chi connectivity index (χ3n) is 3.35. The lowest BCUT2D eigenvalue weighted by molar-refractivity contribution is -0.121. The highest BCUT2D eigenvalue weighted by Gasteiger charge is 2.02. The summed E-state index contributed by atoms with van der Waals surface area (Å²) in [6, 6.07) is 19.1. The van der Waals surface area contributed by atoms with E-state index in [1.165, 1.54) is 0 Å². The van der Waals surface area contributed by atoms with E-state index in [4.69, 9.17) is 0 Å². The molecule has 0 aliphatic carbocycles. The second kappa shape index (κ2) is 12.4. The van der Waals surface area contributed by atoms with Crippen molar-refractivity contribution in [3.63, 3.8) is 0 Å². The molecule has 0 saturated carbocycles. The lowest BCUT2D eigenvalue weighted by Crippen LogP contribution is -2.19. The van der Waals surface area contributed by atoms with Crippen LogP contribution in [-0.4, -0.2) is 35.7 Å². The molecule has 0 unspecified atom stereocenters. The van der Waals surface area contributed by atoms with Crippen molar-refractivity contribution >= 4 is 36.0 Å². The molecule has 2 rings (SSSR count). The molecule has 7 heteroatoms. The zero-order valence-corrected chi connectivity index (χ0v) is 15.7. The summed E-state index contributed by atoms with van der Waals surface area (Å²) >= 11 is 1.54. The number of rotatable bonds is 10. The summed E-state index contributed by atoms with van der Waals surface area (Å²) < 4.78 is 0. The number of nitrogens with one attached hydrogen (secondary N) is 2. The average molecular weight is 382 g/mol. The monoisotopic (exact) mass is 382 g/mol. The summed E-state index contributed by atoms with van der Waals surface area (Å²) in [4.78, 5) is 23.3. The van der Waals surface area contributed by atoms with Crippen LogP contribution in [0.25, 0.3) is 0 Å². The highest BCUT2D eigenvalue weighted by molar-refractivity contribution is 7.99. The zero-order valence-electron chi connectivity index (χ0n) is 14.9. The molecule has 0 aliphatic heterocycles. The first-order chi connectivity index (χ1) is 13.2. The van der Waals surface area contributed by atoms with Crippen LogP contribution in [0.3, 0.4) is 0 Å². The fourth-order valence-electron chi connectivity index (χ4n) is 1.98. The van der Waals surface area contributed by atoms with Crippen LogP contribution in [0, 0.1) is 0 Å². The summed E-state index contributed by atoms with van der Waals surface area (Å²) in [6.07, 6.45) is 3.91. The minimum atomic E-state index is -0.147. The fourth-order valence-corrected chi connectivity index (χ4v) is 2.84. The minimum absolute atomic E-state index is 0.147. The Bertz CT molecular complexity index is 699. The van der Waals surface area contributed by atoms with E-state index >= 15 is 0 Å². The fraction of sp³-hybridized carbons (Fsp3) is 0.200. The second-order valence-electron chi connectivity index (χ2n) is 5.52. The third-order valence-corrected chi connectivity index (χ3v) is 4.34. The molecule has 2 aromatic carbocycles. The summed E-state index contributed by atoms with van der Waals surface area (Å²) in [5.74, 6) is 0.971. The van der Waals surface area contributed by atoms with Gasteiger partial charge in [0.2, 0.25) is 11.8 Å². The number of carbonyl (C=O) groups excluding carboxylic acids is 2. The molecule has 0 bridgehead atoms. The van der Waals surface area contributed by atoms with E-state index in [-0.39, 0.29) is 11.8 Å². The number of hydrogen-bond donors (Lipinski definition) is 2. The van der Waals surface area contributed by atoms with E-state index in [1.54, 1.807) is 24.2 Å². The Kier molecular flexibility index (Phi) is 9.38. The number of benzene rings is 2. The van der Waals surface area contributed by atoms with Gasteiger partial charge in [-0.1, -0.05) is 60.7 Å².